The van der Waals surface area contributed by atoms with Gasteiger partial charge in [0.1, 0.15) is 11.4 Å². The molecule has 0 aromatic heterocycles. The van der Waals surface area contributed by atoms with Crippen molar-refractivity contribution in [3.8, 4) is 5.75 Å². The number of nitrogens with two attached hydrogens (primary N) is 1. The fourth-order valence-corrected chi connectivity index (χ4v) is 2.67. The van der Waals surface area contributed by atoms with Crippen LogP contribution in [-0.4, -0.2) is 5.60 Å². The normalized spacial score (nSPS) is 22.7. The zero-order chi connectivity index (χ0) is 13.2. The van der Waals surface area contributed by atoms with Crippen LogP contribution in [0.5, 0.6) is 5.75 Å². The molecule has 18 heavy (non-hydrogen) atoms. The lowest BCUT2D eigenvalue weighted by Gasteiger charge is -2.36. The fraction of sp³-hybridized carbons (Fsp3) is 0.625. The Hall–Kier alpha value is -1.18. The lowest BCUT2D eigenvalue weighted by Crippen LogP contribution is -2.36. The Morgan fingerprint density at radius 1 is 1.39 bits per heavy atom. The van der Waals surface area contributed by atoms with Crippen molar-refractivity contribution in [2.75, 3.05) is 5.73 Å². The van der Waals surface area contributed by atoms with Gasteiger partial charge in [0.2, 0.25) is 0 Å². The number of hydrogen-bond acceptors (Lipinski definition) is 2. The van der Waals surface area contributed by atoms with Crippen LogP contribution in [0.15, 0.2) is 18.2 Å². The third-order valence-electron chi connectivity index (χ3n) is 3.85. The van der Waals surface area contributed by atoms with Crippen LogP contribution in [0, 0.1) is 5.92 Å². The van der Waals surface area contributed by atoms with E-state index < -0.39 is 0 Å². The Balaban J connectivity index is 1.99. The van der Waals surface area contributed by atoms with E-state index in [4.69, 9.17) is 10.5 Å². The van der Waals surface area contributed by atoms with Crippen LogP contribution < -0.4 is 10.5 Å². The molecule has 0 fully saturated rings. The van der Waals surface area contributed by atoms with Gasteiger partial charge in [0.25, 0.3) is 0 Å². The number of benzene rings is 1. The summed E-state index contributed by atoms with van der Waals surface area (Å²) in [7, 11) is 0. The molecule has 0 amide bonds. The molecule has 2 rings (SSSR count). The van der Waals surface area contributed by atoms with Gasteiger partial charge in [-0.05, 0) is 62.3 Å². The van der Waals surface area contributed by atoms with Crippen LogP contribution in [0.1, 0.15) is 52.0 Å². The minimum absolute atomic E-state index is 0.0119. The van der Waals surface area contributed by atoms with Crippen LogP contribution >= 0.6 is 0 Å². The summed E-state index contributed by atoms with van der Waals surface area (Å²) in [6, 6.07) is 5.99. The molecule has 0 aliphatic carbocycles. The highest BCUT2D eigenvalue weighted by Gasteiger charge is 2.30. The van der Waals surface area contributed by atoms with Crippen molar-refractivity contribution in [2.45, 2.75) is 58.5 Å². The minimum Gasteiger partial charge on any atom is -0.487 e. The van der Waals surface area contributed by atoms with E-state index in [0.717, 1.165) is 36.6 Å². The van der Waals surface area contributed by atoms with Gasteiger partial charge in [-0.25, -0.2) is 0 Å². The van der Waals surface area contributed by atoms with Gasteiger partial charge >= 0.3 is 0 Å². The van der Waals surface area contributed by atoms with Crippen LogP contribution in [0.4, 0.5) is 5.69 Å². The molecule has 1 aromatic rings. The monoisotopic (exact) mass is 247 g/mol. The summed E-state index contributed by atoms with van der Waals surface area (Å²) in [5.41, 5.74) is 7.91. The maximum Gasteiger partial charge on any atom is 0.123 e. The molecule has 0 spiro atoms. The second-order valence-electron chi connectivity index (χ2n) is 6.21. The van der Waals surface area contributed by atoms with E-state index in [-0.39, 0.29) is 5.60 Å². The zero-order valence-electron chi connectivity index (χ0n) is 11.8. The number of hydrogen-bond donors (Lipinski definition) is 1. The highest BCUT2D eigenvalue weighted by molar-refractivity contribution is 5.49. The molecule has 1 aromatic carbocycles. The van der Waals surface area contributed by atoms with Gasteiger partial charge in [-0.3, -0.25) is 0 Å². The molecule has 1 atom stereocenters. The second kappa shape index (κ2) is 5.21. The average Bonchev–Trinajstić information content (AvgIpc) is 2.29. The summed E-state index contributed by atoms with van der Waals surface area (Å²) in [4.78, 5) is 0. The van der Waals surface area contributed by atoms with Gasteiger partial charge in [0.05, 0.1) is 0 Å². The van der Waals surface area contributed by atoms with Gasteiger partial charge in [-0.15, -0.1) is 0 Å². The first-order valence-electron chi connectivity index (χ1n) is 7.06. The van der Waals surface area contributed by atoms with Crippen LogP contribution in [0.3, 0.4) is 0 Å². The summed E-state index contributed by atoms with van der Waals surface area (Å²) in [5, 5.41) is 0. The van der Waals surface area contributed by atoms with Crippen LogP contribution in [0.2, 0.25) is 0 Å². The molecular formula is C16H25NO. The number of nitrogen functional groups attached to an aromatic ring is 1. The number of ether oxygens (including phenoxy) is 1. The van der Waals surface area contributed by atoms with E-state index in [0.29, 0.717) is 0 Å². The lowest BCUT2D eigenvalue weighted by atomic mass is 9.87. The smallest absolute Gasteiger partial charge is 0.123 e. The van der Waals surface area contributed by atoms with Gasteiger partial charge in [0, 0.05) is 5.69 Å². The van der Waals surface area contributed by atoms with E-state index in [1.54, 1.807) is 0 Å². The summed E-state index contributed by atoms with van der Waals surface area (Å²) in [6.45, 7) is 6.80. The molecule has 100 valence electrons. The molecule has 2 heteroatoms. The molecule has 1 heterocycles. The molecule has 2 nitrogen and oxygen atoms in total. The van der Waals surface area contributed by atoms with Crippen molar-refractivity contribution in [1.82, 2.24) is 0 Å². The summed E-state index contributed by atoms with van der Waals surface area (Å²) in [6.07, 6.45) is 5.86. The molecule has 0 radical (unpaired) electrons. The third-order valence-corrected chi connectivity index (χ3v) is 3.85. The molecule has 0 saturated heterocycles. The Bertz CT molecular complexity index is 414. The maximum absolute atomic E-state index is 6.20. The van der Waals surface area contributed by atoms with Crippen molar-refractivity contribution in [2.24, 2.45) is 5.92 Å². The summed E-state index contributed by atoms with van der Waals surface area (Å²) < 4.78 is 6.20. The van der Waals surface area contributed by atoms with Gasteiger partial charge in [-0.2, -0.15) is 0 Å². The Morgan fingerprint density at radius 3 is 2.89 bits per heavy atom. The van der Waals surface area contributed by atoms with Gasteiger partial charge in [0.15, 0.2) is 0 Å². The SMILES string of the molecule is CC(C)CCCC1(C)CCc2cc(N)ccc2O1. The molecule has 0 bridgehead atoms. The lowest BCUT2D eigenvalue weighted by molar-refractivity contribution is 0.0528. The Labute approximate surface area is 111 Å². The van der Waals surface area contributed by atoms with E-state index in [1.165, 1.54) is 18.4 Å². The fourth-order valence-electron chi connectivity index (χ4n) is 2.67. The van der Waals surface area contributed by atoms with Crippen molar-refractivity contribution in [3.05, 3.63) is 23.8 Å². The Morgan fingerprint density at radius 2 is 2.17 bits per heavy atom. The van der Waals surface area contributed by atoms with Crippen LogP contribution in [-0.2, 0) is 6.42 Å². The zero-order valence-corrected chi connectivity index (χ0v) is 11.8. The summed E-state index contributed by atoms with van der Waals surface area (Å²) >= 11 is 0. The van der Waals surface area contributed by atoms with E-state index in [9.17, 15) is 0 Å². The third kappa shape index (κ3) is 3.18. The van der Waals surface area contributed by atoms with E-state index >= 15 is 0 Å². The summed E-state index contributed by atoms with van der Waals surface area (Å²) in [5.74, 6) is 1.81. The standard InChI is InChI=1S/C16H25NO/c1-12(2)5-4-9-16(3)10-8-13-11-14(17)6-7-15(13)18-16/h6-7,11-12H,4-5,8-10,17H2,1-3H3. The minimum atomic E-state index is 0.0119. The van der Waals surface area contributed by atoms with Crippen molar-refractivity contribution >= 4 is 5.69 Å². The van der Waals surface area contributed by atoms with E-state index in [2.05, 4.69) is 20.8 Å². The second-order valence-corrected chi connectivity index (χ2v) is 6.21. The predicted octanol–water partition coefficient (Wildman–Crippen LogP) is 4.18. The number of fused-ring (bicyclic) bond motifs is 1. The van der Waals surface area contributed by atoms with Gasteiger partial charge in [-0.1, -0.05) is 20.3 Å². The molecule has 1 unspecified atom stereocenters. The highest BCUT2D eigenvalue weighted by Crippen LogP contribution is 2.36. The first kappa shape index (κ1) is 13.3. The van der Waals surface area contributed by atoms with Crippen LogP contribution in [0.25, 0.3) is 0 Å². The van der Waals surface area contributed by atoms with Crippen molar-refractivity contribution in [3.63, 3.8) is 0 Å². The first-order valence-corrected chi connectivity index (χ1v) is 7.06. The van der Waals surface area contributed by atoms with Crippen molar-refractivity contribution < 1.29 is 4.74 Å². The largest absolute Gasteiger partial charge is 0.487 e. The first-order chi connectivity index (χ1) is 8.48. The highest BCUT2D eigenvalue weighted by atomic mass is 16.5. The predicted molar refractivity (Wildman–Crippen MR) is 76.9 cm³/mol. The maximum atomic E-state index is 6.20. The molecule has 1 aliphatic rings. The number of aryl methyl sites for hydroxylation is 1. The molecule has 0 saturated carbocycles. The van der Waals surface area contributed by atoms with Gasteiger partial charge < -0.3 is 10.5 Å². The molecule has 1 aliphatic heterocycles. The molecular weight excluding hydrogens is 222 g/mol. The molecule has 2 N–H and O–H groups in total. The average molecular weight is 247 g/mol. The van der Waals surface area contributed by atoms with E-state index in [1.807, 2.05) is 18.2 Å². The topological polar surface area (TPSA) is 35.2 Å². The Kier molecular flexibility index (Phi) is 3.84. The quantitative estimate of drug-likeness (QED) is 0.810. The van der Waals surface area contributed by atoms with Crippen molar-refractivity contribution in [1.29, 1.82) is 0 Å². The number of rotatable bonds is 4. The number of anilines is 1.